The van der Waals surface area contributed by atoms with Crippen LogP contribution < -0.4 is 5.32 Å². The summed E-state index contributed by atoms with van der Waals surface area (Å²) in [6, 6.07) is 3.67. The number of nitriles is 1. The van der Waals surface area contributed by atoms with Crippen LogP contribution in [0.3, 0.4) is 0 Å². The molecule has 0 saturated heterocycles. The number of anilines is 1. The van der Waals surface area contributed by atoms with Gasteiger partial charge in [0.05, 0.1) is 0 Å². The Morgan fingerprint density at radius 3 is 2.83 bits per heavy atom. The molecule has 98 valence electrons. The van der Waals surface area contributed by atoms with Crippen LogP contribution in [0.5, 0.6) is 0 Å². The molecule has 0 amide bonds. The summed E-state index contributed by atoms with van der Waals surface area (Å²) >= 11 is 0. The Morgan fingerprint density at radius 1 is 1.44 bits per heavy atom. The van der Waals surface area contributed by atoms with E-state index in [4.69, 9.17) is 10.4 Å². The van der Waals surface area contributed by atoms with E-state index in [1.54, 1.807) is 6.07 Å². The Labute approximate surface area is 108 Å². The van der Waals surface area contributed by atoms with Crippen LogP contribution in [-0.4, -0.2) is 28.2 Å². The third-order valence-electron chi connectivity index (χ3n) is 2.75. The smallest absolute Gasteiger partial charge is 0.224 e. The first-order valence-electron chi connectivity index (χ1n) is 6.30. The van der Waals surface area contributed by atoms with Gasteiger partial charge in [0.1, 0.15) is 11.8 Å². The highest BCUT2D eigenvalue weighted by atomic mass is 16.3. The van der Waals surface area contributed by atoms with Gasteiger partial charge in [0.2, 0.25) is 5.95 Å². The van der Waals surface area contributed by atoms with Crippen molar-refractivity contribution < 1.29 is 5.11 Å². The van der Waals surface area contributed by atoms with Crippen LogP contribution in [0.1, 0.15) is 37.6 Å². The van der Waals surface area contributed by atoms with Crippen molar-refractivity contribution in [1.29, 1.82) is 5.26 Å². The van der Waals surface area contributed by atoms with Crippen LogP contribution in [0.15, 0.2) is 6.07 Å². The summed E-state index contributed by atoms with van der Waals surface area (Å²) in [5.74, 6) is 0.903. The van der Waals surface area contributed by atoms with Gasteiger partial charge < -0.3 is 10.4 Å². The molecule has 0 bridgehead atoms. The molecule has 0 radical (unpaired) electrons. The molecular formula is C13H20N4O. The monoisotopic (exact) mass is 248 g/mol. The molecule has 0 aromatic carbocycles. The molecule has 1 rings (SSSR count). The average molecular weight is 248 g/mol. The highest BCUT2D eigenvalue weighted by Gasteiger charge is 2.08. The first-order valence-corrected chi connectivity index (χ1v) is 6.30. The number of aromatic nitrogens is 2. The van der Waals surface area contributed by atoms with E-state index in [0.717, 1.165) is 31.5 Å². The molecule has 0 spiro atoms. The van der Waals surface area contributed by atoms with Gasteiger partial charge in [-0.15, -0.1) is 0 Å². The lowest BCUT2D eigenvalue weighted by molar-refractivity contribution is 0.255. The topological polar surface area (TPSA) is 81.8 Å². The number of aliphatic hydroxyl groups excluding tert-OH is 1. The van der Waals surface area contributed by atoms with E-state index in [9.17, 15) is 0 Å². The third kappa shape index (κ3) is 4.68. The minimum absolute atomic E-state index is 0.199. The molecule has 1 unspecified atom stereocenters. The van der Waals surface area contributed by atoms with Gasteiger partial charge in [-0.2, -0.15) is 5.26 Å². The van der Waals surface area contributed by atoms with E-state index in [1.807, 2.05) is 13.0 Å². The number of hydrogen-bond donors (Lipinski definition) is 2. The largest absolute Gasteiger partial charge is 0.396 e. The van der Waals surface area contributed by atoms with Crippen molar-refractivity contribution in [2.75, 3.05) is 18.5 Å². The van der Waals surface area contributed by atoms with Gasteiger partial charge in [0.25, 0.3) is 0 Å². The van der Waals surface area contributed by atoms with Gasteiger partial charge >= 0.3 is 0 Å². The fraction of sp³-hybridized carbons (Fsp3) is 0.615. The standard InChI is InChI=1S/C13H20N4O/c1-3-4-11(5-6-18)9-15-13-16-10(2)7-12(8-14)17-13/h7,11,18H,3-6,9H2,1-2H3,(H,15,16,17). The Bertz CT molecular complexity index is 408. The van der Waals surface area contributed by atoms with Crippen LogP contribution >= 0.6 is 0 Å². The lowest BCUT2D eigenvalue weighted by Crippen LogP contribution is -2.17. The second-order valence-corrected chi connectivity index (χ2v) is 4.38. The number of hydrogen-bond acceptors (Lipinski definition) is 5. The molecule has 5 heteroatoms. The molecule has 1 aromatic heterocycles. The van der Waals surface area contributed by atoms with Crippen molar-refractivity contribution in [1.82, 2.24) is 9.97 Å². The zero-order valence-corrected chi connectivity index (χ0v) is 11.0. The highest BCUT2D eigenvalue weighted by molar-refractivity contribution is 5.32. The molecule has 2 N–H and O–H groups in total. The zero-order chi connectivity index (χ0) is 13.4. The number of nitrogens with zero attached hydrogens (tertiary/aromatic N) is 3. The maximum atomic E-state index is 8.98. The van der Waals surface area contributed by atoms with Crippen LogP contribution in [0.25, 0.3) is 0 Å². The van der Waals surface area contributed by atoms with Crippen LogP contribution in [0.4, 0.5) is 5.95 Å². The number of aliphatic hydroxyl groups is 1. The predicted octanol–water partition coefficient (Wildman–Crippen LogP) is 1.87. The summed E-state index contributed by atoms with van der Waals surface area (Å²) in [5.41, 5.74) is 1.15. The summed E-state index contributed by atoms with van der Waals surface area (Å²) in [7, 11) is 0. The second kappa shape index (κ2) is 7.62. The molecule has 0 saturated carbocycles. The van der Waals surface area contributed by atoms with Crippen molar-refractivity contribution >= 4 is 5.95 Å². The maximum Gasteiger partial charge on any atom is 0.224 e. The first-order chi connectivity index (χ1) is 8.69. The molecule has 0 aliphatic heterocycles. The maximum absolute atomic E-state index is 8.98. The lowest BCUT2D eigenvalue weighted by Gasteiger charge is -2.15. The highest BCUT2D eigenvalue weighted by Crippen LogP contribution is 2.12. The number of nitrogens with one attached hydrogen (secondary N) is 1. The summed E-state index contributed by atoms with van der Waals surface area (Å²) in [6.07, 6.45) is 2.92. The van der Waals surface area contributed by atoms with Crippen LogP contribution in [0.2, 0.25) is 0 Å². The summed E-state index contributed by atoms with van der Waals surface area (Å²) in [4.78, 5) is 8.34. The van der Waals surface area contributed by atoms with Gasteiger partial charge in [0.15, 0.2) is 0 Å². The van der Waals surface area contributed by atoms with E-state index in [-0.39, 0.29) is 6.61 Å². The van der Waals surface area contributed by atoms with E-state index >= 15 is 0 Å². The van der Waals surface area contributed by atoms with E-state index in [0.29, 0.717) is 17.6 Å². The first kappa shape index (κ1) is 14.4. The van der Waals surface area contributed by atoms with Crippen molar-refractivity contribution in [3.8, 4) is 6.07 Å². The molecule has 0 aliphatic carbocycles. The predicted molar refractivity (Wildman–Crippen MR) is 70.1 cm³/mol. The van der Waals surface area contributed by atoms with Gasteiger partial charge in [-0.25, -0.2) is 9.97 Å². The minimum atomic E-state index is 0.199. The van der Waals surface area contributed by atoms with Crippen LogP contribution in [0, 0.1) is 24.2 Å². The molecule has 1 aromatic rings. The third-order valence-corrected chi connectivity index (χ3v) is 2.75. The fourth-order valence-corrected chi connectivity index (χ4v) is 1.88. The van der Waals surface area contributed by atoms with Crippen molar-refractivity contribution in [3.63, 3.8) is 0 Å². The Hall–Kier alpha value is -1.67. The normalized spacial score (nSPS) is 11.9. The van der Waals surface area contributed by atoms with Gasteiger partial charge in [-0.3, -0.25) is 0 Å². The van der Waals surface area contributed by atoms with E-state index in [2.05, 4.69) is 22.2 Å². The molecule has 18 heavy (non-hydrogen) atoms. The fourth-order valence-electron chi connectivity index (χ4n) is 1.88. The molecule has 5 nitrogen and oxygen atoms in total. The van der Waals surface area contributed by atoms with Crippen molar-refractivity contribution in [3.05, 3.63) is 17.5 Å². The molecule has 0 fully saturated rings. The molecule has 1 atom stereocenters. The summed E-state index contributed by atoms with van der Waals surface area (Å²) in [6.45, 7) is 4.89. The number of aryl methyl sites for hydroxylation is 1. The van der Waals surface area contributed by atoms with E-state index in [1.165, 1.54) is 0 Å². The average Bonchev–Trinajstić information content (AvgIpc) is 2.36. The van der Waals surface area contributed by atoms with Crippen molar-refractivity contribution in [2.24, 2.45) is 5.92 Å². The Kier molecular flexibility index (Phi) is 6.09. The van der Waals surface area contributed by atoms with Gasteiger partial charge in [0, 0.05) is 18.8 Å². The van der Waals surface area contributed by atoms with E-state index < -0.39 is 0 Å². The molecule has 0 aliphatic rings. The second-order valence-electron chi connectivity index (χ2n) is 4.38. The van der Waals surface area contributed by atoms with Gasteiger partial charge in [-0.05, 0) is 31.7 Å². The summed E-state index contributed by atoms with van der Waals surface area (Å²) < 4.78 is 0. The molecule has 1 heterocycles. The summed E-state index contributed by atoms with van der Waals surface area (Å²) in [5, 5.41) is 21.0. The number of rotatable bonds is 7. The van der Waals surface area contributed by atoms with Crippen LogP contribution in [-0.2, 0) is 0 Å². The quantitative estimate of drug-likeness (QED) is 0.769. The Balaban J connectivity index is 2.61. The van der Waals surface area contributed by atoms with Gasteiger partial charge in [-0.1, -0.05) is 13.3 Å². The SMILES string of the molecule is CCCC(CCO)CNc1nc(C)cc(C#N)n1. The zero-order valence-electron chi connectivity index (χ0n) is 11.0. The molecular weight excluding hydrogens is 228 g/mol. The Morgan fingerprint density at radius 2 is 2.22 bits per heavy atom. The van der Waals surface area contributed by atoms with Crippen molar-refractivity contribution in [2.45, 2.75) is 33.1 Å². The minimum Gasteiger partial charge on any atom is -0.396 e. The lowest BCUT2D eigenvalue weighted by atomic mass is 10.0.